The number of nitrogens with zero attached hydrogens (tertiary/aromatic N) is 2. The van der Waals surface area contributed by atoms with Crippen molar-refractivity contribution in [3.05, 3.63) is 77.4 Å². The van der Waals surface area contributed by atoms with Crippen LogP contribution in [0.1, 0.15) is 16.2 Å². The first-order valence-electron chi connectivity index (χ1n) is 7.56. The Morgan fingerprint density at radius 2 is 1.65 bits per heavy atom. The molecule has 0 aliphatic carbocycles. The lowest BCUT2D eigenvalue weighted by atomic mass is 10.2. The van der Waals surface area contributed by atoms with E-state index >= 15 is 0 Å². The predicted octanol–water partition coefficient (Wildman–Crippen LogP) is 4.20. The van der Waals surface area contributed by atoms with E-state index in [1.165, 1.54) is 30.3 Å². The quantitative estimate of drug-likeness (QED) is 0.734. The van der Waals surface area contributed by atoms with Crippen LogP contribution >= 0.6 is 0 Å². The molecule has 0 saturated heterocycles. The molecule has 0 atom stereocenters. The summed E-state index contributed by atoms with van der Waals surface area (Å²) in [5.74, 6) is -2.89. The van der Waals surface area contributed by atoms with Gasteiger partial charge in [-0.1, -0.05) is 12.1 Å². The van der Waals surface area contributed by atoms with Crippen LogP contribution in [0.2, 0.25) is 0 Å². The van der Waals surface area contributed by atoms with E-state index < -0.39 is 29.0 Å². The Kier molecular flexibility index (Phi) is 4.83. The summed E-state index contributed by atoms with van der Waals surface area (Å²) in [6.45, 7) is 1.60. The molecule has 0 saturated carbocycles. The maximum absolute atomic E-state index is 13.7. The monoisotopic (exact) mass is 358 g/mol. The second-order valence-electron chi connectivity index (χ2n) is 5.40. The number of amides is 1. The molecule has 132 valence electrons. The summed E-state index contributed by atoms with van der Waals surface area (Å²) in [7, 11) is 0. The number of para-hydroxylation sites is 1. The number of benzene rings is 2. The van der Waals surface area contributed by atoms with Crippen molar-refractivity contribution < 1.29 is 18.0 Å². The fraction of sp³-hybridized carbons (Fsp3) is 0.0556. The largest absolute Gasteiger partial charge is 0.321 e. The number of rotatable bonds is 4. The van der Waals surface area contributed by atoms with Crippen molar-refractivity contribution in [2.75, 3.05) is 10.6 Å². The number of hydrogen-bond acceptors (Lipinski definition) is 4. The molecule has 1 heterocycles. The van der Waals surface area contributed by atoms with Crippen molar-refractivity contribution >= 4 is 23.2 Å². The number of halogens is 3. The number of anilines is 3. The van der Waals surface area contributed by atoms with Crippen molar-refractivity contribution in [2.45, 2.75) is 6.92 Å². The fourth-order valence-electron chi connectivity index (χ4n) is 2.23. The summed E-state index contributed by atoms with van der Waals surface area (Å²) in [5.41, 5.74) is 0.195. The van der Waals surface area contributed by atoms with Gasteiger partial charge in [0, 0.05) is 11.4 Å². The van der Waals surface area contributed by atoms with Gasteiger partial charge in [0.2, 0.25) is 5.95 Å². The van der Waals surface area contributed by atoms with Crippen LogP contribution in [0.5, 0.6) is 0 Å². The minimum Gasteiger partial charge on any atom is -0.321 e. The van der Waals surface area contributed by atoms with E-state index in [1.54, 1.807) is 6.92 Å². The Balaban J connectivity index is 1.86. The van der Waals surface area contributed by atoms with E-state index in [-0.39, 0.29) is 17.3 Å². The van der Waals surface area contributed by atoms with Crippen LogP contribution in [-0.4, -0.2) is 15.9 Å². The lowest BCUT2D eigenvalue weighted by molar-refractivity contribution is 0.102. The molecule has 3 rings (SSSR count). The molecule has 3 aromatic rings. The first-order valence-corrected chi connectivity index (χ1v) is 7.56. The molecule has 2 N–H and O–H groups in total. The van der Waals surface area contributed by atoms with E-state index in [4.69, 9.17) is 0 Å². The highest BCUT2D eigenvalue weighted by atomic mass is 19.1. The third-order valence-corrected chi connectivity index (χ3v) is 3.37. The van der Waals surface area contributed by atoms with Crippen molar-refractivity contribution in [1.82, 2.24) is 9.97 Å². The van der Waals surface area contributed by atoms with Crippen LogP contribution in [0.4, 0.5) is 30.5 Å². The van der Waals surface area contributed by atoms with Gasteiger partial charge in [-0.15, -0.1) is 0 Å². The number of carbonyl (C=O) groups excluding carboxylic acids is 1. The van der Waals surface area contributed by atoms with Crippen LogP contribution < -0.4 is 10.6 Å². The molecular formula is C18H13F3N4O. The molecule has 0 spiro atoms. The fourth-order valence-corrected chi connectivity index (χ4v) is 2.23. The summed E-state index contributed by atoms with van der Waals surface area (Å²) in [6, 6.07) is 10.2. The van der Waals surface area contributed by atoms with Gasteiger partial charge in [-0.25, -0.2) is 23.1 Å². The first kappa shape index (κ1) is 17.4. The number of nitrogens with one attached hydrogen (secondary N) is 2. The minimum atomic E-state index is -0.819. The van der Waals surface area contributed by atoms with Gasteiger partial charge in [0.15, 0.2) is 0 Å². The topological polar surface area (TPSA) is 66.9 Å². The first-order chi connectivity index (χ1) is 12.4. The van der Waals surface area contributed by atoms with Gasteiger partial charge in [0.05, 0.1) is 0 Å². The normalized spacial score (nSPS) is 10.5. The molecule has 1 amide bonds. The second-order valence-corrected chi connectivity index (χ2v) is 5.40. The van der Waals surface area contributed by atoms with Gasteiger partial charge in [0.1, 0.15) is 28.8 Å². The summed E-state index contributed by atoms with van der Waals surface area (Å²) in [4.78, 5) is 20.3. The zero-order valence-electron chi connectivity index (χ0n) is 13.6. The van der Waals surface area contributed by atoms with Gasteiger partial charge in [-0.3, -0.25) is 4.79 Å². The van der Waals surface area contributed by atoms with Gasteiger partial charge in [-0.2, -0.15) is 0 Å². The maximum atomic E-state index is 13.7. The van der Waals surface area contributed by atoms with Crippen LogP contribution in [0.25, 0.3) is 0 Å². The van der Waals surface area contributed by atoms with Crippen molar-refractivity contribution in [3.63, 3.8) is 0 Å². The molecule has 0 radical (unpaired) electrons. The molecule has 2 aromatic carbocycles. The Morgan fingerprint density at radius 3 is 2.35 bits per heavy atom. The number of hydrogen-bond donors (Lipinski definition) is 2. The lowest BCUT2D eigenvalue weighted by Crippen LogP contribution is -2.16. The third-order valence-electron chi connectivity index (χ3n) is 3.37. The molecule has 0 fully saturated rings. The second kappa shape index (κ2) is 7.22. The van der Waals surface area contributed by atoms with Crippen LogP contribution in [0.3, 0.4) is 0 Å². The summed E-state index contributed by atoms with van der Waals surface area (Å²) in [6.07, 6.45) is 0. The minimum absolute atomic E-state index is 0.0407. The summed E-state index contributed by atoms with van der Waals surface area (Å²) < 4.78 is 40.7. The van der Waals surface area contributed by atoms with Crippen LogP contribution in [-0.2, 0) is 0 Å². The smallest absolute Gasteiger partial charge is 0.274 e. The van der Waals surface area contributed by atoms with Gasteiger partial charge in [0.25, 0.3) is 5.91 Å². The lowest BCUT2D eigenvalue weighted by Gasteiger charge is -2.10. The third kappa shape index (κ3) is 3.97. The maximum Gasteiger partial charge on any atom is 0.274 e. The Hall–Kier alpha value is -3.42. The molecule has 1 aromatic heterocycles. The number of aryl methyl sites for hydroxylation is 1. The Bertz CT molecular complexity index is 958. The van der Waals surface area contributed by atoms with E-state index in [9.17, 15) is 18.0 Å². The van der Waals surface area contributed by atoms with E-state index in [1.807, 2.05) is 0 Å². The van der Waals surface area contributed by atoms with Gasteiger partial charge >= 0.3 is 0 Å². The highest BCUT2D eigenvalue weighted by Crippen LogP contribution is 2.21. The Labute approximate surface area is 146 Å². The average molecular weight is 358 g/mol. The van der Waals surface area contributed by atoms with Crippen LogP contribution in [0, 0.1) is 24.4 Å². The molecule has 0 unspecified atom stereocenters. The van der Waals surface area contributed by atoms with Crippen LogP contribution in [0.15, 0.2) is 48.5 Å². The molecule has 5 nitrogen and oxygen atoms in total. The highest BCUT2D eigenvalue weighted by Gasteiger charge is 2.14. The Morgan fingerprint density at radius 1 is 0.962 bits per heavy atom. The van der Waals surface area contributed by atoms with E-state index in [0.717, 1.165) is 18.2 Å². The molecule has 0 bridgehead atoms. The summed E-state index contributed by atoms with van der Waals surface area (Å²) >= 11 is 0. The predicted molar refractivity (Wildman–Crippen MR) is 90.8 cm³/mol. The molecule has 26 heavy (non-hydrogen) atoms. The highest BCUT2D eigenvalue weighted by molar-refractivity contribution is 6.03. The molecule has 0 aliphatic heterocycles. The van der Waals surface area contributed by atoms with Gasteiger partial charge < -0.3 is 10.6 Å². The van der Waals surface area contributed by atoms with E-state index in [0.29, 0.717) is 5.69 Å². The van der Waals surface area contributed by atoms with Crippen molar-refractivity contribution in [1.29, 1.82) is 0 Å². The van der Waals surface area contributed by atoms with Crippen molar-refractivity contribution in [3.8, 4) is 0 Å². The van der Waals surface area contributed by atoms with Crippen molar-refractivity contribution in [2.24, 2.45) is 0 Å². The zero-order valence-corrected chi connectivity index (χ0v) is 13.6. The number of carbonyl (C=O) groups is 1. The zero-order chi connectivity index (χ0) is 18.7. The standard InChI is InChI=1S/C18H13F3N4O/c1-10-8-15(17(26)23-12-5-2-4-11(19)9-12)24-18(22-10)25-16-13(20)6-3-7-14(16)21/h2-9H,1H3,(H,23,26)(H,22,24,25). The SMILES string of the molecule is Cc1cc(C(=O)Nc2cccc(F)c2)nc(Nc2c(F)cccc2F)n1. The molecule has 8 heteroatoms. The number of aromatic nitrogens is 2. The van der Waals surface area contributed by atoms with Gasteiger partial charge in [-0.05, 0) is 43.3 Å². The van der Waals surface area contributed by atoms with E-state index in [2.05, 4.69) is 20.6 Å². The average Bonchev–Trinajstić information content (AvgIpc) is 2.58. The molecular weight excluding hydrogens is 345 g/mol. The molecule has 0 aliphatic rings. The summed E-state index contributed by atoms with van der Waals surface area (Å²) in [5, 5.41) is 4.93.